The summed E-state index contributed by atoms with van der Waals surface area (Å²) < 4.78 is 1.87. The summed E-state index contributed by atoms with van der Waals surface area (Å²) in [6.07, 6.45) is 1.86. The quantitative estimate of drug-likeness (QED) is 0.560. The van der Waals surface area contributed by atoms with E-state index in [9.17, 15) is 4.79 Å². The van der Waals surface area contributed by atoms with Gasteiger partial charge in [-0.1, -0.05) is 47.7 Å². The van der Waals surface area contributed by atoms with Crippen LogP contribution in [0.15, 0.2) is 48.7 Å². The Morgan fingerprint density at radius 2 is 2.07 bits per heavy atom. The molecular weight excluding hydrogens is 360 g/mol. The molecule has 136 valence electrons. The largest absolute Gasteiger partial charge is 0.358 e. The van der Waals surface area contributed by atoms with Crippen LogP contribution in [0.25, 0.3) is 27.0 Å². The average molecular weight is 378 g/mol. The molecule has 0 aliphatic carbocycles. The first kappa shape index (κ1) is 16.1. The molecule has 2 N–H and O–H groups in total. The van der Waals surface area contributed by atoms with Gasteiger partial charge in [0.2, 0.25) is 10.1 Å². The summed E-state index contributed by atoms with van der Waals surface area (Å²) in [5.41, 5.74) is 2.06. The molecule has 27 heavy (non-hydrogen) atoms. The van der Waals surface area contributed by atoms with Gasteiger partial charge in [0.1, 0.15) is 0 Å². The van der Waals surface area contributed by atoms with Crippen molar-refractivity contribution in [1.29, 1.82) is 0 Å². The van der Waals surface area contributed by atoms with Gasteiger partial charge in [-0.25, -0.2) is 14.3 Å². The van der Waals surface area contributed by atoms with Crippen LogP contribution in [0.5, 0.6) is 0 Å². The second-order valence-corrected chi connectivity index (χ2v) is 7.41. The molecular formula is C19H18N6OS. The zero-order valence-corrected chi connectivity index (χ0v) is 15.4. The molecule has 1 aliphatic rings. The van der Waals surface area contributed by atoms with Crippen molar-refractivity contribution >= 4 is 38.2 Å². The highest BCUT2D eigenvalue weighted by Crippen LogP contribution is 2.28. The SMILES string of the molecule is O=C1NCCN1CCNc1nn2c(-c3ccc4ccccc4c3)cnc2s1. The third-order valence-corrected chi connectivity index (χ3v) is 5.61. The van der Waals surface area contributed by atoms with Gasteiger partial charge in [-0.05, 0) is 16.8 Å². The van der Waals surface area contributed by atoms with Crippen LogP contribution >= 0.6 is 11.3 Å². The molecule has 3 heterocycles. The molecule has 1 saturated heterocycles. The Balaban J connectivity index is 1.37. The van der Waals surface area contributed by atoms with E-state index in [2.05, 4.69) is 51.0 Å². The van der Waals surface area contributed by atoms with Crippen molar-refractivity contribution in [2.75, 3.05) is 31.5 Å². The Bertz CT molecular complexity index is 1130. The highest BCUT2D eigenvalue weighted by atomic mass is 32.1. The summed E-state index contributed by atoms with van der Waals surface area (Å²) in [7, 11) is 0. The predicted octanol–water partition coefficient (Wildman–Crippen LogP) is 3.05. The molecule has 4 aromatic rings. The van der Waals surface area contributed by atoms with E-state index >= 15 is 0 Å². The number of benzene rings is 2. The van der Waals surface area contributed by atoms with Crippen molar-refractivity contribution in [3.8, 4) is 11.3 Å². The van der Waals surface area contributed by atoms with Gasteiger partial charge >= 0.3 is 6.03 Å². The number of carbonyl (C=O) groups is 1. The zero-order chi connectivity index (χ0) is 18.2. The van der Waals surface area contributed by atoms with E-state index < -0.39 is 0 Å². The Hall–Kier alpha value is -3.13. The average Bonchev–Trinajstić information content (AvgIpc) is 3.38. The van der Waals surface area contributed by atoms with Crippen molar-refractivity contribution in [3.63, 3.8) is 0 Å². The van der Waals surface area contributed by atoms with Crippen LogP contribution in [0.3, 0.4) is 0 Å². The van der Waals surface area contributed by atoms with Crippen LogP contribution in [0.1, 0.15) is 0 Å². The molecule has 7 nitrogen and oxygen atoms in total. The van der Waals surface area contributed by atoms with Gasteiger partial charge in [0.25, 0.3) is 0 Å². The summed E-state index contributed by atoms with van der Waals surface area (Å²) in [6.45, 7) is 2.80. The number of imidazole rings is 1. The van der Waals surface area contributed by atoms with E-state index in [1.165, 1.54) is 22.1 Å². The molecule has 0 atom stereocenters. The second-order valence-electron chi connectivity index (χ2n) is 6.45. The number of nitrogens with one attached hydrogen (secondary N) is 2. The highest BCUT2D eigenvalue weighted by molar-refractivity contribution is 7.20. The van der Waals surface area contributed by atoms with Crippen LogP contribution in [-0.2, 0) is 0 Å². The molecule has 0 spiro atoms. The Morgan fingerprint density at radius 1 is 1.19 bits per heavy atom. The molecule has 2 aromatic carbocycles. The number of anilines is 1. The van der Waals surface area contributed by atoms with Crippen LogP contribution in [-0.4, -0.2) is 51.7 Å². The van der Waals surface area contributed by atoms with E-state index in [1.807, 2.05) is 22.8 Å². The van der Waals surface area contributed by atoms with Crippen LogP contribution < -0.4 is 10.6 Å². The molecule has 1 fully saturated rings. The van der Waals surface area contributed by atoms with Crippen molar-refractivity contribution in [2.45, 2.75) is 0 Å². The van der Waals surface area contributed by atoms with Crippen molar-refractivity contribution in [2.24, 2.45) is 0 Å². The van der Waals surface area contributed by atoms with Gasteiger partial charge in [-0.15, -0.1) is 5.10 Å². The zero-order valence-electron chi connectivity index (χ0n) is 14.6. The van der Waals surface area contributed by atoms with Gasteiger partial charge in [0, 0.05) is 31.7 Å². The van der Waals surface area contributed by atoms with Gasteiger partial charge in [0.15, 0.2) is 0 Å². The number of urea groups is 1. The minimum atomic E-state index is 0.00401. The van der Waals surface area contributed by atoms with E-state index in [4.69, 9.17) is 0 Å². The summed E-state index contributed by atoms with van der Waals surface area (Å²) in [5.74, 6) is 0. The van der Waals surface area contributed by atoms with E-state index in [1.54, 1.807) is 4.90 Å². The monoisotopic (exact) mass is 378 g/mol. The van der Waals surface area contributed by atoms with Crippen LogP contribution in [0, 0.1) is 0 Å². The van der Waals surface area contributed by atoms with E-state index in [0.29, 0.717) is 13.1 Å². The summed E-state index contributed by atoms with van der Waals surface area (Å²) >= 11 is 1.51. The molecule has 5 rings (SSSR count). The molecule has 0 radical (unpaired) electrons. The number of aromatic nitrogens is 3. The number of hydrogen-bond acceptors (Lipinski definition) is 5. The molecule has 2 amide bonds. The van der Waals surface area contributed by atoms with Crippen LogP contribution in [0.4, 0.5) is 9.93 Å². The van der Waals surface area contributed by atoms with Crippen LogP contribution in [0.2, 0.25) is 0 Å². The first-order valence-corrected chi connectivity index (χ1v) is 9.70. The third-order valence-electron chi connectivity index (χ3n) is 4.73. The van der Waals surface area contributed by atoms with Gasteiger partial charge in [-0.3, -0.25) is 0 Å². The standard InChI is InChI=1S/C19H18N6OS/c26-18-21-8-10-24(18)9-7-20-17-23-25-16(12-22-19(25)27-17)15-6-5-13-3-1-2-4-14(13)11-15/h1-6,11-12H,7-10H2,(H,20,23)(H,21,26). The molecule has 0 unspecified atom stereocenters. The summed E-state index contributed by atoms with van der Waals surface area (Å²) in [6, 6.07) is 14.7. The highest BCUT2D eigenvalue weighted by Gasteiger charge is 2.18. The fraction of sp³-hybridized carbons (Fsp3) is 0.211. The first-order valence-electron chi connectivity index (χ1n) is 8.88. The maximum absolute atomic E-state index is 11.6. The molecule has 0 saturated carbocycles. The van der Waals surface area contributed by atoms with Gasteiger partial charge in [-0.2, -0.15) is 0 Å². The predicted molar refractivity (Wildman–Crippen MR) is 107 cm³/mol. The Kier molecular flexibility index (Phi) is 3.90. The maximum atomic E-state index is 11.6. The number of nitrogens with zero attached hydrogens (tertiary/aromatic N) is 4. The molecule has 1 aliphatic heterocycles. The number of amides is 2. The molecule has 8 heteroatoms. The minimum Gasteiger partial charge on any atom is -0.358 e. The van der Waals surface area contributed by atoms with Gasteiger partial charge < -0.3 is 15.5 Å². The fourth-order valence-electron chi connectivity index (χ4n) is 3.33. The maximum Gasteiger partial charge on any atom is 0.317 e. The lowest BCUT2D eigenvalue weighted by Crippen LogP contribution is -2.32. The van der Waals surface area contributed by atoms with Gasteiger partial charge in [0.05, 0.1) is 11.9 Å². The smallest absolute Gasteiger partial charge is 0.317 e. The Labute approximate surface area is 159 Å². The molecule has 0 bridgehead atoms. The fourth-order valence-corrected chi connectivity index (χ4v) is 4.13. The number of carbonyl (C=O) groups excluding carboxylic acids is 1. The normalized spacial score (nSPS) is 14.2. The summed E-state index contributed by atoms with van der Waals surface area (Å²) in [5, 5.41) is 14.0. The minimum absolute atomic E-state index is 0.00401. The number of hydrogen-bond donors (Lipinski definition) is 2. The topological polar surface area (TPSA) is 74.6 Å². The second kappa shape index (κ2) is 6.55. The first-order chi connectivity index (χ1) is 13.3. The van der Waals surface area contributed by atoms with E-state index in [0.717, 1.165) is 34.4 Å². The third kappa shape index (κ3) is 2.97. The number of rotatable bonds is 5. The van der Waals surface area contributed by atoms with E-state index in [-0.39, 0.29) is 6.03 Å². The van der Waals surface area contributed by atoms with Crippen molar-refractivity contribution in [1.82, 2.24) is 24.8 Å². The number of fused-ring (bicyclic) bond motifs is 2. The lowest BCUT2D eigenvalue weighted by molar-refractivity contribution is 0.219. The lowest BCUT2D eigenvalue weighted by atomic mass is 10.1. The Morgan fingerprint density at radius 3 is 2.93 bits per heavy atom. The molecule has 2 aromatic heterocycles. The van der Waals surface area contributed by atoms with Crippen molar-refractivity contribution < 1.29 is 4.79 Å². The lowest BCUT2D eigenvalue weighted by Gasteiger charge is -2.13. The summed E-state index contributed by atoms with van der Waals surface area (Å²) in [4.78, 5) is 18.7. The van der Waals surface area contributed by atoms with Crippen molar-refractivity contribution in [3.05, 3.63) is 48.7 Å².